The van der Waals surface area contributed by atoms with Gasteiger partial charge in [-0.2, -0.15) is 0 Å². The van der Waals surface area contributed by atoms with E-state index < -0.39 is 12.1 Å². The van der Waals surface area contributed by atoms with Crippen molar-refractivity contribution in [3.63, 3.8) is 0 Å². The number of anilines is 6. The summed E-state index contributed by atoms with van der Waals surface area (Å²) in [6.45, 7) is 33.7. The van der Waals surface area contributed by atoms with Crippen LogP contribution in [0.15, 0.2) is 279 Å². The Morgan fingerprint density at radius 2 is 0.654 bits per heavy atom. The second-order valence-corrected chi connectivity index (χ2v) is 36.1. The van der Waals surface area contributed by atoms with Crippen molar-refractivity contribution in [2.45, 2.75) is 135 Å². The topological polar surface area (TPSA) is 16.3 Å². The van der Waals surface area contributed by atoms with Crippen molar-refractivity contribution >= 4 is 101 Å². The van der Waals surface area contributed by atoms with Gasteiger partial charge in [0.2, 0.25) is 0 Å². The van der Waals surface area contributed by atoms with E-state index in [1.807, 2.05) is 0 Å². The fourth-order valence-electron chi connectivity index (χ4n) is 17.3. The molecule has 4 heterocycles. The largest absolute Gasteiger partial charge is 0.311 e. The summed E-state index contributed by atoms with van der Waals surface area (Å²) in [4.78, 5) is 5.08. The molecule has 0 N–H and O–H groups in total. The van der Waals surface area contributed by atoms with Crippen molar-refractivity contribution in [1.29, 1.82) is 0 Å². The van der Waals surface area contributed by atoms with Crippen LogP contribution in [0.4, 0.5) is 34.1 Å². The van der Waals surface area contributed by atoms with Gasteiger partial charge in [-0.05, 0) is 227 Å². The molecule has 5 heteroatoms. The average molecular weight is 1400 g/mol. The molecular formula is C102H99BN4. The summed E-state index contributed by atoms with van der Waals surface area (Å²) >= 11 is 0. The van der Waals surface area contributed by atoms with Crippen LogP contribution in [0.3, 0.4) is 0 Å². The van der Waals surface area contributed by atoms with Gasteiger partial charge in [-0.1, -0.05) is 286 Å². The highest BCUT2D eigenvalue weighted by Crippen LogP contribution is 2.54. The second-order valence-electron chi connectivity index (χ2n) is 36.1. The zero-order valence-corrected chi connectivity index (χ0v) is 64.6. The number of hydrogen-bond donors (Lipinski definition) is 0. The normalized spacial score (nSPS) is 14.3. The molecule has 2 aliphatic rings. The highest BCUT2D eigenvalue weighted by molar-refractivity contribution is 7.00. The molecule has 0 unspecified atom stereocenters. The van der Waals surface area contributed by atoms with Gasteiger partial charge < -0.3 is 18.9 Å². The van der Waals surface area contributed by atoms with Gasteiger partial charge in [-0.25, -0.2) is 0 Å². The quantitative estimate of drug-likeness (QED) is 0.113. The van der Waals surface area contributed by atoms with Crippen LogP contribution in [0.5, 0.6) is 0 Å². The maximum absolute atomic E-state index is 10.0. The van der Waals surface area contributed by atoms with Gasteiger partial charge in [0.25, 0.3) is 6.71 Å². The van der Waals surface area contributed by atoms with Crippen LogP contribution in [0, 0.1) is 21.7 Å². The maximum Gasteiger partial charge on any atom is 0.252 e. The number of rotatable bonds is 12. The molecule has 107 heavy (non-hydrogen) atoms. The maximum atomic E-state index is 10.0. The third-order valence-electron chi connectivity index (χ3n) is 21.5. The molecule has 0 atom stereocenters. The van der Waals surface area contributed by atoms with E-state index in [0.717, 1.165) is 171 Å². The number of aromatic nitrogens is 2. The fourth-order valence-corrected chi connectivity index (χ4v) is 17.3. The Morgan fingerprint density at radius 3 is 1.01 bits per heavy atom. The molecule has 2 aliphatic heterocycles. The number of nitrogens with zero attached hydrogens (tertiary/aromatic N) is 4. The fraction of sp³-hybridized carbons (Fsp3) is 0.235. The van der Waals surface area contributed by atoms with E-state index in [4.69, 9.17) is 0 Å². The third-order valence-corrected chi connectivity index (χ3v) is 21.5. The lowest BCUT2D eigenvalue weighted by atomic mass is 9.33. The Kier molecular flexibility index (Phi) is 14.6. The molecule has 0 bridgehead atoms. The van der Waals surface area contributed by atoms with Crippen molar-refractivity contribution in [2.24, 2.45) is 21.7 Å². The Morgan fingerprint density at radius 1 is 0.299 bits per heavy atom. The molecule has 0 aliphatic carbocycles. The standard InChI is InChI=1S/C102H99BN4/c1-98(2,3)62-66-44-50-89-83(52-66)77-40-28-30-42-87(77)104(89)75-46-48-85-93(58-75)106(91-60-79(68-32-20-16-21-33-68)72(64-100(7,8)9)54-81(91)70-36-24-18-25-37-70)95-56-74(102(13,14)15)57-96-97(95)103(85)86-49-47-76(105-88-43-31-29-41-78(88)84-53-67(45-51-90(84)105)63-99(4,5)6)59-94(86)107(96)92-61-80(69-34-22-17-23-35-69)73(65-101(10,11)12)55-82(92)71-38-26-19-27-39-71/h16-61H,62-65H2,1-15H3/i28D,29D,30D,31D,40D,41D,42D,43D. The lowest BCUT2D eigenvalue weighted by molar-refractivity contribution is 0.411. The van der Waals surface area contributed by atoms with Crippen LogP contribution < -0.4 is 26.2 Å². The Bertz CT molecular complexity index is 6090. The molecule has 0 saturated heterocycles. The van der Waals surface area contributed by atoms with Crippen molar-refractivity contribution in [1.82, 2.24) is 9.13 Å². The Labute approximate surface area is 646 Å². The molecule has 0 saturated carbocycles. The van der Waals surface area contributed by atoms with Crippen molar-refractivity contribution in [3.8, 4) is 55.9 Å². The first-order chi connectivity index (χ1) is 54.5. The summed E-state index contributed by atoms with van der Waals surface area (Å²) in [7, 11) is 0. The Balaban J connectivity index is 1.06. The number of fused-ring (bicyclic) bond motifs is 10. The van der Waals surface area contributed by atoms with E-state index in [-0.39, 0.29) is 70.0 Å². The predicted molar refractivity (Wildman–Crippen MR) is 462 cm³/mol. The smallest absolute Gasteiger partial charge is 0.252 e. The minimum Gasteiger partial charge on any atom is -0.311 e. The van der Waals surface area contributed by atoms with Crippen molar-refractivity contribution in [2.75, 3.05) is 9.80 Å². The second kappa shape index (κ2) is 26.0. The lowest BCUT2D eigenvalue weighted by Gasteiger charge is -2.46. The summed E-state index contributed by atoms with van der Waals surface area (Å²) in [6, 6.07) is 82.7. The molecule has 15 aromatic rings. The van der Waals surface area contributed by atoms with Gasteiger partial charge in [0.15, 0.2) is 0 Å². The van der Waals surface area contributed by atoms with Crippen molar-refractivity contribution < 1.29 is 11.0 Å². The van der Waals surface area contributed by atoms with E-state index in [9.17, 15) is 11.0 Å². The highest BCUT2D eigenvalue weighted by Gasteiger charge is 2.46. The molecular weight excluding hydrogens is 1290 g/mol. The summed E-state index contributed by atoms with van der Waals surface area (Å²) in [5, 5.41) is 2.47. The van der Waals surface area contributed by atoms with E-state index >= 15 is 0 Å². The van der Waals surface area contributed by atoms with Gasteiger partial charge in [0.1, 0.15) is 0 Å². The van der Waals surface area contributed by atoms with Crippen LogP contribution in [0.2, 0.25) is 0 Å². The van der Waals surface area contributed by atoms with Gasteiger partial charge in [-0.3, -0.25) is 0 Å². The molecule has 13 aromatic carbocycles. The van der Waals surface area contributed by atoms with Crippen LogP contribution in [-0.4, -0.2) is 15.8 Å². The third kappa shape index (κ3) is 12.9. The first-order valence-electron chi connectivity index (χ1n) is 42.2. The molecule has 2 aromatic heterocycles. The van der Waals surface area contributed by atoms with Gasteiger partial charge in [-0.15, -0.1) is 0 Å². The minimum atomic E-state index is -0.478. The first-order valence-corrected chi connectivity index (χ1v) is 38.2. The number of hydrogen-bond acceptors (Lipinski definition) is 2. The van der Waals surface area contributed by atoms with Crippen LogP contribution in [0.1, 0.15) is 143 Å². The number of benzene rings is 13. The van der Waals surface area contributed by atoms with Gasteiger partial charge >= 0.3 is 0 Å². The SMILES string of the molecule is [2H]c1c([2H])c([2H])c2c(c1[2H])c1cc(CC(C)(C)C)ccc1n2-c1ccc2c(c1)N(c1cc(-c3ccccc3)c(CC(C)(C)C)cc1-c1ccccc1)c1cc(C(C)(C)C)cc3c1B2c1ccc(-n2c4ccc(CC(C)(C)C)cc4c4c([2H])c([2H])c([2H])c([2H])c42)cc1N3c1cc(-c2ccccc2)c(CC(C)(C)C)cc1-c1ccccc1. The van der Waals surface area contributed by atoms with E-state index in [1.165, 1.54) is 11.1 Å². The van der Waals surface area contributed by atoms with Gasteiger partial charge in [0.05, 0.1) is 44.4 Å². The molecule has 0 fully saturated rings. The molecule has 4 nitrogen and oxygen atoms in total. The van der Waals surface area contributed by atoms with E-state index in [2.05, 4.69) is 353 Å². The van der Waals surface area contributed by atoms with Crippen LogP contribution in [0.25, 0.3) is 99.5 Å². The van der Waals surface area contributed by atoms with Crippen molar-refractivity contribution in [3.05, 3.63) is 307 Å². The van der Waals surface area contributed by atoms with Gasteiger partial charge in [0, 0.05) is 66.8 Å². The molecule has 17 rings (SSSR count). The minimum absolute atomic E-state index is 0.0686. The molecule has 0 spiro atoms. The highest BCUT2D eigenvalue weighted by atomic mass is 15.2. The summed E-state index contributed by atoms with van der Waals surface area (Å²) in [6.07, 6.45) is 3.10. The summed E-state index contributed by atoms with van der Waals surface area (Å²) in [5.74, 6) is 0. The molecule has 0 radical (unpaired) electrons. The molecule has 530 valence electrons. The lowest BCUT2D eigenvalue weighted by Crippen LogP contribution is -2.61. The zero-order valence-electron chi connectivity index (χ0n) is 72.6. The molecule has 0 amide bonds. The van der Waals surface area contributed by atoms with E-state index in [1.54, 1.807) is 0 Å². The van der Waals surface area contributed by atoms with Crippen LogP contribution >= 0.6 is 0 Å². The number of para-hydroxylation sites is 2. The first kappa shape index (κ1) is 60.3. The zero-order chi connectivity index (χ0) is 81.2. The monoisotopic (exact) mass is 1400 g/mol. The predicted octanol–water partition coefficient (Wildman–Crippen LogP) is 26.3. The van der Waals surface area contributed by atoms with E-state index in [0.29, 0.717) is 21.8 Å². The summed E-state index contributed by atoms with van der Waals surface area (Å²) in [5.41, 5.74) is 26.1. The Hall–Kier alpha value is -10.9. The van der Waals surface area contributed by atoms with Crippen LogP contribution in [-0.2, 0) is 31.1 Å². The average Bonchev–Trinajstić information content (AvgIpc) is 1.02. The summed E-state index contributed by atoms with van der Waals surface area (Å²) < 4.78 is 81.2.